The van der Waals surface area contributed by atoms with E-state index >= 15 is 0 Å². The van der Waals surface area contributed by atoms with Gasteiger partial charge in [-0.25, -0.2) is 0 Å². The fourth-order valence-corrected chi connectivity index (χ4v) is 7.88. The predicted octanol–water partition coefficient (Wildman–Crippen LogP) is 2.75. The summed E-state index contributed by atoms with van der Waals surface area (Å²) in [5, 5.41) is 46.7. The standard InChI is InChI=1S/C36H56O12/c1-10-35(6,7)45-17-26-30(41)33(46-21(5)38)31(42)34(47-26)48-32-28-24(18(2)15-44-20(4)37)13-27(39)36(28,8)14-25-22(16-43-9)11-12-23(25)19(3)29(32)40/h10,18-19,22,26-27,29-34,39-42H,1,11-17H2,2-9H3/t18-,19-,22-,26-,27+,29-,30-,31-,32-,33+,34-,36+/m1/s1. The number of esters is 2. The number of aliphatic hydroxyl groups is 4. The summed E-state index contributed by atoms with van der Waals surface area (Å²) in [7, 11) is 1.67. The molecule has 0 radical (unpaired) electrons. The van der Waals surface area contributed by atoms with Gasteiger partial charge >= 0.3 is 11.9 Å². The Morgan fingerprint density at radius 1 is 1.08 bits per heavy atom. The SMILES string of the molecule is C=CC(C)(C)OC[C@H]1O[C@H](O[C@@H]2C3=C([C@H](C)COC(C)=O)C[C@H](O)[C@]3(C)CC3=C(CC[C@@H]3COC)[C@@H](C)[C@H]2O)[C@H](O)[C@@H](OC(C)=O)[C@@H]1O. The average Bonchev–Trinajstić information content (AvgIpc) is 3.52. The Balaban J connectivity index is 1.81. The van der Waals surface area contributed by atoms with Crippen LogP contribution in [0.3, 0.4) is 0 Å². The maximum atomic E-state index is 12.3. The lowest BCUT2D eigenvalue weighted by molar-refractivity contribution is -0.320. The van der Waals surface area contributed by atoms with Crippen LogP contribution in [0.25, 0.3) is 0 Å². The molecule has 0 amide bonds. The number of carbonyl (C=O) groups excluding carboxylic acids is 2. The number of ether oxygens (including phenoxy) is 6. The van der Waals surface area contributed by atoms with Crippen molar-refractivity contribution in [2.75, 3.05) is 26.9 Å². The highest BCUT2D eigenvalue weighted by molar-refractivity contribution is 5.66. The molecule has 1 saturated heterocycles. The zero-order chi connectivity index (χ0) is 35.7. The first kappa shape index (κ1) is 38.6. The highest BCUT2D eigenvalue weighted by atomic mass is 16.7. The van der Waals surface area contributed by atoms with Crippen LogP contribution in [-0.4, -0.2) is 114 Å². The summed E-state index contributed by atoms with van der Waals surface area (Å²) in [6.07, 6.45) is -6.14. The minimum atomic E-state index is -1.63. The molecule has 4 rings (SSSR count). The number of hydrogen-bond acceptors (Lipinski definition) is 12. The topological polar surface area (TPSA) is 170 Å². The van der Waals surface area contributed by atoms with Crippen LogP contribution in [0.15, 0.2) is 34.9 Å². The summed E-state index contributed by atoms with van der Waals surface area (Å²) < 4.78 is 35.1. The predicted molar refractivity (Wildman–Crippen MR) is 174 cm³/mol. The van der Waals surface area contributed by atoms with Crippen molar-refractivity contribution in [2.24, 2.45) is 23.2 Å². The molecule has 0 aromatic rings. The van der Waals surface area contributed by atoms with Crippen LogP contribution < -0.4 is 0 Å². The van der Waals surface area contributed by atoms with Gasteiger partial charge in [-0.1, -0.05) is 43.6 Å². The molecule has 3 aliphatic carbocycles. The minimum absolute atomic E-state index is 0.0668. The Morgan fingerprint density at radius 3 is 2.38 bits per heavy atom. The van der Waals surface area contributed by atoms with Crippen LogP contribution in [0.5, 0.6) is 0 Å². The van der Waals surface area contributed by atoms with E-state index in [1.807, 2.05) is 20.8 Å². The van der Waals surface area contributed by atoms with Gasteiger partial charge in [0, 0.05) is 44.1 Å². The summed E-state index contributed by atoms with van der Waals surface area (Å²) in [6.45, 7) is 16.1. The Labute approximate surface area is 284 Å². The number of fused-ring (bicyclic) bond motifs is 1. The van der Waals surface area contributed by atoms with Crippen molar-refractivity contribution in [3.8, 4) is 0 Å². The van der Waals surface area contributed by atoms with Crippen molar-refractivity contribution >= 4 is 11.9 Å². The first-order chi connectivity index (χ1) is 22.4. The molecule has 12 nitrogen and oxygen atoms in total. The maximum absolute atomic E-state index is 12.3. The highest BCUT2D eigenvalue weighted by Crippen LogP contribution is 2.57. The van der Waals surface area contributed by atoms with E-state index in [1.165, 1.54) is 19.4 Å². The van der Waals surface area contributed by atoms with Crippen molar-refractivity contribution in [3.05, 3.63) is 34.9 Å². The van der Waals surface area contributed by atoms with E-state index in [9.17, 15) is 30.0 Å². The van der Waals surface area contributed by atoms with Gasteiger partial charge in [-0.15, -0.1) is 6.58 Å². The molecular weight excluding hydrogens is 624 g/mol. The summed E-state index contributed by atoms with van der Waals surface area (Å²) in [5.41, 5.74) is 2.06. The molecule has 48 heavy (non-hydrogen) atoms. The van der Waals surface area contributed by atoms with Gasteiger partial charge in [-0.3, -0.25) is 9.59 Å². The lowest BCUT2D eigenvalue weighted by Gasteiger charge is -2.47. The van der Waals surface area contributed by atoms with E-state index in [2.05, 4.69) is 6.58 Å². The Bertz CT molecular complexity index is 1260. The third kappa shape index (κ3) is 7.91. The molecule has 12 atom stereocenters. The third-order valence-corrected chi connectivity index (χ3v) is 10.8. The second kappa shape index (κ2) is 15.4. The van der Waals surface area contributed by atoms with Gasteiger partial charge < -0.3 is 48.8 Å². The maximum Gasteiger partial charge on any atom is 0.303 e. The van der Waals surface area contributed by atoms with Crippen LogP contribution >= 0.6 is 0 Å². The van der Waals surface area contributed by atoms with Crippen LogP contribution in [0.2, 0.25) is 0 Å². The highest BCUT2D eigenvalue weighted by Gasteiger charge is 2.56. The molecule has 0 bridgehead atoms. The van der Waals surface area contributed by atoms with Crippen molar-refractivity contribution in [1.29, 1.82) is 0 Å². The van der Waals surface area contributed by atoms with Crippen molar-refractivity contribution in [2.45, 2.75) is 129 Å². The van der Waals surface area contributed by atoms with Gasteiger partial charge in [-0.2, -0.15) is 0 Å². The molecule has 4 N–H and O–H groups in total. The number of rotatable bonds is 12. The van der Waals surface area contributed by atoms with Crippen molar-refractivity contribution in [3.63, 3.8) is 0 Å². The quantitative estimate of drug-likeness (QED) is 0.176. The summed E-state index contributed by atoms with van der Waals surface area (Å²) in [6, 6.07) is 0. The molecule has 1 aliphatic heterocycles. The molecular formula is C36H56O12. The molecule has 12 heteroatoms. The summed E-state index contributed by atoms with van der Waals surface area (Å²) in [4.78, 5) is 23.9. The zero-order valence-electron chi connectivity index (χ0n) is 29.6. The van der Waals surface area contributed by atoms with E-state index < -0.39 is 72.0 Å². The second-order valence-electron chi connectivity index (χ2n) is 14.8. The van der Waals surface area contributed by atoms with Gasteiger partial charge in [0.05, 0.1) is 37.6 Å². The van der Waals surface area contributed by atoms with Crippen LogP contribution in [0.1, 0.15) is 74.1 Å². The number of methoxy groups -OCH3 is 1. The van der Waals surface area contributed by atoms with Gasteiger partial charge in [0.2, 0.25) is 0 Å². The zero-order valence-corrected chi connectivity index (χ0v) is 29.6. The van der Waals surface area contributed by atoms with Gasteiger partial charge in [0.15, 0.2) is 12.4 Å². The Kier molecular flexibility index (Phi) is 12.4. The second-order valence-corrected chi connectivity index (χ2v) is 14.8. The Morgan fingerprint density at radius 2 is 1.77 bits per heavy atom. The first-order valence-electron chi connectivity index (χ1n) is 17.0. The molecule has 1 heterocycles. The molecule has 0 saturated carbocycles. The van der Waals surface area contributed by atoms with Gasteiger partial charge in [0.25, 0.3) is 0 Å². The van der Waals surface area contributed by atoms with Crippen LogP contribution in [-0.2, 0) is 38.0 Å². The average molecular weight is 681 g/mol. The lowest BCUT2D eigenvalue weighted by Crippen LogP contribution is -2.62. The monoisotopic (exact) mass is 680 g/mol. The molecule has 272 valence electrons. The molecule has 0 spiro atoms. The van der Waals surface area contributed by atoms with E-state index in [4.69, 9.17) is 28.4 Å². The lowest BCUT2D eigenvalue weighted by atomic mass is 9.67. The van der Waals surface area contributed by atoms with E-state index in [1.54, 1.807) is 27.0 Å². The molecule has 4 aliphatic rings. The van der Waals surface area contributed by atoms with Gasteiger partial charge in [0.1, 0.15) is 24.4 Å². The molecule has 0 unspecified atom stereocenters. The van der Waals surface area contributed by atoms with E-state index in [-0.39, 0.29) is 37.4 Å². The number of carbonyl (C=O) groups is 2. The fourth-order valence-electron chi connectivity index (χ4n) is 7.88. The van der Waals surface area contributed by atoms with Gasteiger partial charge in [-0.05, 0) is 45.1 Å². The van der Waals surface area contributed by atoms with Crippen LogP contribution in [0, 0.1) is 23.2 Å². The molecule has 1 fully saturated rings. The van der Waals surface area contributed by atoms with Crippen LogP contribution in [0.4, 0.5) is 0 Å². The largest absolute Gasteiger partial charge is 0.465 e. The van der Waals surface area contributed by atoms with E-state index in [0.717, 1.165) is 24.0 Å². The normalized spacial score (nSPS) is 37.8. The number of hydrogen-bond donors (Lipinski definition) is 4. The van der Waals surface area contributed by atoms with Crippen molar-refractivity contribution < 1.29 is 58.4 Å². The van der Waals surface area contributed by atoms with E-state index in [0.29, 0.717) is 18.6 Å². The summed E-state index contributed by atoms with van der Waals surface area (Å²) >= 11 is 0. The molecule has 0 aromatic heterocycles. The Hall–Kier alpha value is -2.16. The third-order valence-electron chi connectivity index (χ3n) is 10.8. The number of aliphatic hydroxyl groups excluding tert-OH is 4. The smallest absolute Gasteiger partial charge is 0.303 e. The first-order valence-corrected chi connectivity index (χ1v) is 17.0. The molecule has 0 aromatic carbocycles. The summed E-state index contributed by atoms with van der Waals surface area (Å²) in [5.74, 6) is -1.70. The van der Waals surface area contributed by atoms with Crippen molar-refractivity contribution in [1.82, 2.24) is 0 Å². The minimum Gasteiger partial charge on any atom is -0.465 e. The fraction of sp³-hybridized carbons (Fsp3) is 0.778.